The van der Waals surface area contributed by atoms with Crippen LogP contribution in [0.1, 0.15) is 0 Å². The van der Waals surface area contributed by atoms with Crippen LogP contribution >= 0.6 is 22.7 Å². The van der Waals surface area contributed by atoms with Crippen LogP contribution in [0.5, 0.6) is 0 Å². The number of nitrogens with zero attached hydrogens (tertiary/aromatic N) is 1. The molecule has 0 aliphatic carbocycles. The molecule has 3 aromatic heterocycles. The molecule has 0 fully saturated rings. The first-order valence-electron chi connectivity index (χ1n) is 17.5. The zero-order valence-corrected chi connectivity index (χ0v) is 29.5. The van der Waals surface area contributed by atoms with Gasteiger partial charge in [-0.1, -0.05) is 115 Å². The summed E-state index contributed by atoms with van der Waals surface area (Å²) in [7, 11) is 0. The van der Waals surface area contributed by atoms with Crippen LogP contribution in [0.4, 0.5) is 17.1 Å². The summed E-state index contributed by atoms with van der Waals surface area (Å²) >= 11 is 3.72. The van der Waals surface area contributed by atoms with E-state index in [4.69, 9.17) is 4.42 Å². The average Bonchev–Trinajstić information content (AvgIpc) is 3.90. The Balaban J connectivity index is 1.04. The molecule has 11 rings (SSSR count). The Morgan fingerprint density at radius 3 is 1.77 bits per heavy atom. The van der Waals surface area contributed by atoms with E-state index in [1.165, 1.54) is 57.2 Å². The molecule has 0 radical (unpaired) electrons. The van der Waals surface area contributed by atoms with Gasteiger partial charge >= 0.3 is 0 Å². The van der Waals surface area contributed by atoms with E-state index >= 15 is 0 Å². The quantitative estimate of drug-likeness (QED) is 0.178. The highest BCUT2D eigenvalue weighted by atomic mass is 32.1. The third-order valence-electron chi connectivity index (χ3n) is 10.3. The van der Waals surface area contributed by atoms with E-state index in [-0.39, 0.29) is 0 Å². The van der Waals surface area contributed by atoms with Crippen molar-refractivity contribution in [3.63, 3.8) is 0 Å². The van der Waals surface area contributed by atoms with E-state index in [1.807, 2.05) is 34.8 Å². The lowest BCUT2D eigenvalue weighted by atomic mass is 10.0. The fourth-order valence-electron chi connectivity index (χ4n) is 7.84. The van der Waals surface area contributed by atoms with Crippen molar-refractivity contribution in [2.75, 3.05) is 4.90 Å². The van der Waals surface area contributed by atoms with Gasteiger partial charge in [-0.3, -0.25) is 0 Å². The van der Waals surface area contributed by atoms with Crippen molar-refractivity contribution < 1.29 is 4.42 Å². The van der Waals surface area contributed by atoms with Gasteiger partial charge in [0.1, 0.15) is 11.2 Å². The van der Waals surface area contributed by atoms with Crippen molar-refractivity contribution in [1.29, 1.82) is 0 Å². The standard InChI is InChI=1S/C48H29NOS2/c1-4-15-42-36(9-1)39-13-7-12-35(48(39)50-42)31-21-26-34(27-22-31)49(41-14-8-18-45-47(41)40-11-3-6-17-44(40)51-45)33-24-19-30(20-25-33)32-23-28-38-37-10-2-5-16-43(37)52-46(38)29-32/h1-29H. The molecule has 0 aliphatic rings. The molecule has 4 heteroatoms. The number of anilines is 3. The third-order valence-corrected chi connectivity index (χ3v) is 12.6. The molecule has 0 aliphatic heterocycles. The van der Waals surface area contributed by atoms with Gasteiger partial charge in [0, 0.05) is 68.1 Å². The van der Waals surface area contributed by atoms with Crippen LogP contribution in [0.3, 0.4) is 0 Å². The number of thiophene rings is 2. The Hall–Kier alpha value is -6.20. The topological polar surface area (TPSA) is 16.4 Å². The Kier molecular flexibility index (Phi) is 6.63. The van der Waals surface area contributed by atoms with Gasteiger partial charge in [0.05, 0.1) is 5.69 Å². The fourth-order valence-corrected chi connectivity index (χ4v) is 10.1. The monoisotopic (exact) mass is 699 g/mol. The van der Waals surface area contributed by atoms with Crippen LogP contribution in [-0.2, 0) is 0 Å². The minimum absolute atomic E-state index is 0.913. The predicted molar refractivity (Wildman–Crippen MR) is 225 cm³/mol. The summed E-state index contributed by atoms with van der Waals surface area (Å²) in [5.74, 6) is 0. The lowest BCUT2D eigenvalue weighted by molar-refractivity contribution is 0.670. The highest BCUT2D eigenvalue weighted by Crippen LogP contribution is 2.46. The second-order valence-corrected chi connectivity index (χ2v) is 15.4. The predicted octanol–water partition coefficient (Wildman–Crippen LogP) is 15.1. The number of hydrogen-bond acceptors (Lipinski definition) is 4. The van der Waals surface area contributed by atoms with Gasteiger partial charge in [0.15, 0.2) is 0 Å². The minimum atomic E-state index is 0.913. The highest BCUT2D eigenvalue weighted by Gasteiger charge is 2.19. The Bertz CT molecular complexity index is 3130. The molecule has 0 atom stereocenters. The summed E-state index contributed by atoms with van der Waals surface area (Å²) in [4.78, 5) is 2.41. The largest absolute Gasteiger partial charge is 0.455 e. The number of para-hydroxylation sites is 2. The molecule has 3 heterocycles. The molecule has 0 unspecified atom stereocenters. The molecular formula is C48H29NOS2. The van der Waals surface area contributed by atoms with Crippen LogP contribution in [0, 0.1) is 0 Å². The van der Waals surface area contributed by atoms with Gasteiger partial charge in [-0.2, -0.15) is 0 Å². The number of furan rings is 1. The van der Waals surface area contributed by atoms with Gasteiger partial charge < -0.3 is 9.32 Å². The summed E-state index contributed by atoms with van der Waals surface area (Å²) in [6, 6.07) is 63.7. The van der Waals surface area contributed by atoms with Crippen LogP contribution in [-0.4, -0.2) is 0 Å². The molecule has 0 saturated carbocycles. The molecule has 2 nitrogen and oxygen atoms in total. The number of fused-ring (bicyclic) bond motifs is 9. The second-order valence-electron chi connectivity index (χ2n) is 13.3. The Labute approximate surface area is 308 Å². The molecule has 0 saturated heterocycles. The maximum Gasteiger partial charge on any atom is 0.143 e. The lowest BCUT2D eigenvalue weighted by Crippen LogP contribution is -2.10. The van der Waals surface area contributed by atoms with Crippen molar-refractivity contribution >= 4 is 102 Å². The molecule has 11 aromatic rings. The van der Waals surface area contributed by atoms with Crippen molar-refractivity contribution in [2.24, 2.45) is 0 Å². The van der Waals surface area contributed by atoms with E-state index in [1.54, 1.807) is 0 Å². The van der Waals surface area contributed by atoms with E-state index in [0.29, 0.717) is 0 Å². The maximum absolute atomic E-state index is 6.41. The molecule has 0 N–H and O–H groups in total. The van der Waals surface area contributed by atoms with Gasteiger partial charge in [-0.05, 0) is 77.4 Å². The summed E-state index contributed by atoms with van der Waals surface area (Å²) in [5, 5.41) is 7.49. The molecule has 8 aromatic carbocycles. The third kappa shape index (κ3) is 4.62. The zero-order valence-electron chi connectivity index (χ0n) is 27.9. The summed E-state index contributed by atoms with van der Waals surface area (Å²) in [6.07, 6.45) is 0. The van der Waals surface area contributed by atoms with E-state index < -0.39 is 0 Å². The first-order valence-corrected chi connectivity index (χ1v) is 19.1. The molecule has 52 heavy (non-hydrogen) atoms. The van der Waals surface area contributed by atoms with Crippen LogP contribution < -0.4 is 4.90 Å². The fraction of sp³-hybridized carbons (Fsp3) is 0. The zero-order chi connectivity index (χ0) is 34.2. The lowest BCUT2D eigenvalue weighted by Gasteiger charge is -2.27. The summed E-state index contributed by atoms with van der Waals surface area (Å²) < 4.78 is 11.6. The molecule has 244 valence electrons. The van der Waals surface area contributed by atoms with Crippen LogP contribution in [0.15, 0.2) is 180 Å². The number of rotatable bonds is 5. The molecule has 0 amide bonds. The number of benzene rings is 8. The molecule has 0 bridgehead atoms. The van der Waals surface area contributed by atoms with E-state index in [0.717, 1.165) is 44.4 Å². The van der Waals surface area contributed by atoms with Gasteiger partial charge in [-0.25, -0.2) is 0 Å². The molecular weight excluding hydrogens is 671 g/mol. The van der Waals surface area contributed by atoms with Gasteiger partial charge in [0.2, 0.25) is 0 Å². The minimum Gasteiger partial charge on any atom is -0.455 e. The van der Waals surface area contributed by atoms with E-state index in [2.05, 4.69) is 169 Å². The first-order chi connectivity index (χ1) is 25.8. The van der Waals surface area contributed by atoms with Crippen molar-refractivity contribution in [2.45, 2.75) is 0 Å². The highest BCUT2D eigenvalue weighted by molar-refractivity contribution is 7.26. The first kappa shape index (κ1) is 29.5. The normalized spacial score (nSPS) is 11.8. The second kappa shape index (κ2) is 11.7. The van der Waals surface area contributed by atoms with Crippen molar-refractivity contribution in [1.82, 2.24) is 0 Å². The van der Waals surface area contributed by atoms with Crippen LogP contribution in [0.2, 0.25) is 0 Å². The van der Waals surface area contributed by atoms with Crippen LogP contribution in [0.25, 0.3) is 84.5 Å². The van der Waals surface area contributed by atoms with Crippen molar-refractivity contribution in [3.05, 3.63) is 176 Å². The average molecular weight is 700 g/mol. The summed E-state index contributed by atoms with van der Waals surface area (Å²) in [5.41, 5.74) is 9.87. The van der Waals surface area contributed by atoms with E-state index in [9.17, 15) is 0 Å². The Morgan fingerprint density at radius 2 is 0.962 bits per heavy atom. The molecule has 0 spiro atoms. The maximum atomic E-state index is 6.41. The SMILES string of the molecule is c1ccc2c(c1)oc1c(-c3ccc(N(c4ccc(-c5ccc6c(c5)sc5ccccc56)cc4)c4cccc5sc6ccccc6c45)cc3)cccc12. The van der Waals surface area contributed by atoms with Gasteiger partial charge in [0.25, 0.3) is 0 Å². The van der Waals surface area contributed by atoms with Crippen molar-refractivity contribution in [3.8, 4) is 22.3 Å². The summed E-state index contributed by atoms with van der Waals surface area (Å²) in [6.45, 7) is 0. The van der Waals surface area contributed by atoms with Gasteiger partial charge in [-0.15, -0.1) is 22.7 Å². The number of hydrogen-bond donors (Lipinski definition) is 0. The Morgan fingerprint density at radius 1 is 0.385 bits per heavy atom. The smallest absolute Gasteiger partial charge is 0.143 e.